The molecular formula is C15H21NO2. The van der Waals surface area contributed by atoms with E-state index in [4.69, 9.17) is 4.74 Å². The van der Waals surface area contributed by atoms with E-state index in [0.29, 0.717) is 13.0 Å². The SMILES string of the molecule is CCCCC(O)C(C#N)c1ccc(OCC)cc1. The lowest BCUT2D eigenvalue weighted by atomic mass is 9.92. The Morgan fingerprint density at radius 1 is 1.28 bits per heavy atom. The number of hydrogen-bond acceptors (Lipinski definition) is 3. The molecule has 0 radical (unpaired) electrons. The van der Waals surface area contributed by atoms with E-state index in [1.54, 1.807) is 0 Å². The predicted octanol–water partition coefficient (Wildman–Crippen LogP) is 3.24. The Balaban J connectivity index is 2.73. The van der Waals surface area contributed by atoms with Crippen molar-refractivity contribution < 1.29 is 9.84 Å². The van der Waals surface area contributed by atoms with E-state index < -0.39 is 12.0 Å². The number of hydrogen-bond donors (Lipinski definition) is 1. The van der Waals surface area contributed by atoms with Gasteiger partial charge in [0, 0.05) is 0 Å². The Kier molecular flexibility index (Phi) is 6.24. The van der Waals surface area contributed by atoms with Gasteiger partial charge >= 0.3 is 0 Å². The number of nitriles is 1. The number of aliphatic hydroxyl groups is 1. The third-order valence-electron chi connectivity index (χ3n) is 2.93. The normalized spacial score (nSPS) is 13.7. The van der Waals surface area contributed by atoms with Crippen LogP contribution in [0.1, 0.15) is 44.6 Å². The van der Waals surface area contributed by atoms with Crippen LogP contribution in [-0.2, 0) is 0 Å². The summed E-state index contributed by atoms with van der Waals surface area (Å²) >= 11 is 0. The molecule has 1 aromatic carbocycles. The standard InChI is InChI=1S/C15H21NO2/c1-3-5-6-15(17)14(11-16)12-7-9-13(10-8-12)18-4-2/h7-10,14-15,17H,3-6H2,1-2H3. The molecule has 18 heavy (non-hydrogen) atoms. The van der Waals surface area contributed by atoms with E-state index in [9.17, 15) is 10.4 Å². The van der Waals surface area contributed by atoms with Crippen LogP contribution in [0.4, 0.5) is 0 Å². The summed E-state index contributed by atoms with van der Waals surface area (Å²) in [7, 11) is 0. The lowest BCUT2D eigenvalue weighted by Gasteiger charge is -2.17. The molecule has 0 bridgehead atoms. The summed E-state index contributed by atoms with van der Waals surface area (Å²) in [5.74, 6) is 0.341. The molecule has 1 rings (SSSR count). The van der Waals surface area contributed by atoms with Gasteiger partial charge < -0.3 is 9.84 Å². The fourth-order valence-corrected chi connectivity index (χ4v) is 1.90. The van der Waals surface area contributed by atoms with Gasteiger partial charge in [-0.2, -0.15) is 5.26 Å². The Labute approximate surface area is 109 Å². The van der Waals surface area contributed by atoms with Crippen LogP contribution in [0.5, 0.6) is 5.75 Å². The van der Waals surface area contributed by atoms with Gasteiger partial charge in [-0.05, 0) is 31.0 Å². The number of unbranched alkanes of at least 4 members (excludes halogenated alkanes) is 1. The zero-order valence-corrected chi connectivity index (χ0v) is 11.1. The monoisotopic (exact) mass is 247 g/mol. The first-order valence-electron chi connectivity index (χ1n) is 6.53. The van der Waals surface area contributed by atoms with Crippen LogP contribution in [0.3, 0.4) is 0 Å². The lowest BCUT2D eigenvalue weighted by Crippen LogP contribution is -2.17. The van der Waals surface area contributed by atoms with Gasteiger partial charge in [-0.1, -0.05) is 31.9 Å². The molecule has 0 aromatic heterocycles. The summed E-state index contributed by atoms with van der Waals surface area (Å²) in [6, 6.07) is 9.58. The van der Waals surface area contributed by atoms with Gasteiger partial charge in [-0.15, -0.1) is 0 Å². The number of ether oxygens (including phenoxy) is 1. The first-order valence-corrected chi connectivity index (χ1v) is 6.53. The van der Waals surface area contributed by atoms with Gasteiger partial charge in [0.25, 0.3) is 0 Å². The van der Waals surface area contributed by atoms with Crippen molar-refractivity contribution in [1.29, 1.82) is 5.26 Å². The molecule has 0 aliphatic heterocycles. The molecule has 1 N–H and O–H groups in total. The van der Waals surface area contributed by atoms with Crippen LogP contribution < -0.4 is 4.74 Å². The second-order valence-corrected chi connectivity index (χ2v) is 4.32. The first-order chi connectivity index (χ1) is 8.72. The fourth-order valence-electron chi connectivity index (χ4n) is 1.90. The van der Waals surface area contributed by atoms with Crippen molar-refractivity contribution in [3.05, 3.63) is 29.8 Å². The van der Waals surface area contributed by atoms with Crippen LogP contribution in [0.25, 0.3) is 0 Å². The molecule has 0 fully saturated rings. The fraction of sp³-hybridized carbons (Fsp3) is 0.533. The third-order valence-corrected chi connectivity index (χ3v) is 2.93. The van der Waals surface area contributed by atoms with Gasteiger partial charge in [0.15, 0.2) is 0 Å². The van der Waals surface area contributed by atoms with Crippen LogP contribution in [0.2, 0.25) is 0 Å². The minimum absolute atomic E-state index is 0.452. The Bertz CT molecular complexity index is 380. The third kappa shape index (κ3) is 4.05. The van der Waals surface area contributed by atoms with Crippen molar-refractivity contribution in [2.24, 2.45) is 0 Å². The van der Waals surface area contributed by atoms with Crippen molar-refractivity contribution >= 4 is 0 Å². The minimum Gasteiger partial charge on any atom is -0.494 e. The van der Waals surface area contributed by atoms with E-state index in [2.05, 4.69) is 13.0 Å². The average molecular weight is 247 g/mol. The highest BCUT2D eigenvalue weighted by atomic mass is 16.5. The van der Waals surface area contributed by atoms with Crippen LogP contribution in [-0.4, -0.2) is 17.8 Å². The molecule has 3 nitrogen and oxygen atoms in total. The summed E-state index contributed by atoms with van der Waals surface area (Å²) in [5.41, 5.74) is 0.851. The smallest absolute Gasteiger partial charge is 0.119 e. The van der Waals surface area contributed by atoms with Crippen molar-refractivity contribution in [3.8, 4) is 11.8 Å². The van der Waals surface area contributed by atoms with Crippen molar-refractivity contribution in [2.45, 2.75) is 45.1 Å². The van der Waals surface area contributed by atoms with Gasteiger partial charge in [-0.25, -0.2) is 0 Å². The van der Waals surface area contributed by atoms with Gasteiger partial charge in [0.1, 0.15) is 5.75 Å². The molecule has 0 aliphatic carbocycles. The molecule has 0 saturated heterocycles. The number of rotatable bonds is 7. The van der Waals surface area contributed by atoms with Crippen LogP contribution >= 0.6 is 0 Å². The maximum atomic E-state index is 10.0. The molecule has 2 atom stereocenters. The summed E-state index contributed by atoms with van der Waals surface area (Å²) in [5, 5.41) is 19.2. The van der Waals surface area contributed by atoms with Gasteiger partial charge in [0.05, 0.1) is 24.7 Å². The second-order valence-electron chi connectivity index (χ2n) is 4.32. The zero-order valence-electron chi connectivity index (χ0n) is 11.1. The van der Waals surface area contributed by atoms with Crippen molar-refractivity contribution in [3.63, 3.8) is 0 Å². The van der Waals surface area contributed by atoms with Gasteiger partial charge in [0.2, 0.25) is 0 Å². The number of benzene rings is 1. The van der Waals surface area contributed by atoms with E-state index in [1.165, 1.54) is 0 Å². The van der Waals surface area contributed by atoms with Crippen molar-refractivity contribution in [1.82, 2.24) is 0 Å². The maximum absolute atomic E-state index is 10.0. The molecule has 0 saturated carbocycles. The highest BCUT2D eigenvalue weighted by molar-refractivity contribution is 5.32. The van der Waals surface area contributed by atoms with E-state index in [1.807, 2.05) is 31.2 Å². The molecule has 2 unspecified atom stereocenters. The van der Waals surface area contributed by atoms with E-state index in [-0.39, 0.29) is 0 Å². The quantitative estimate of drug-likeness (QED) is 0.804. The van der Waals surface area contributed by atoms with Crippen LogP contribution in [0.15, 0.2) is 24.3 Å². The van der Waals surface area contributed by atoms with Crippen LogP contribution in [0, 0.1) is 11.3 Å². The highest BCUT2D eigenvalue weighted by Gasteiger charge is 2.20. The van der Waals surface area contributed by atoms with Crippen molar-refractivity contribution in [2.75, 3.05) is 6.61 Å². The summed E-state index contributed by atoms with van der Waals surface area (Å²) in [6.07, 6.45) is 2.05. The molecule has 0 aliphatic rings. The molecule has 0 amide bonds. The molecular weight excluding hydrogens is 226 g/mol. The predicted molar refractivity (Wildman–Crippen MR) is 71.5 cm³/mol. The largest absolute Gasteiger partial charge is 0.494 e. The lowest BCUT2D eigenvalue weighted by molar-refractivity contribution is 0.148. The summed E-state index contributed by atoms with van der Waals surface area (Å²) in [6.45, 7) is 4.63. The van der Waals surface area contributed by atoms with E-state index in [0.717, 1.165) is 24.2 Å². The topological polar surface area (TPSA) is 53.2 Å². The number of aliphatic hydroxyl groups excluding tert-OH is 1. The minimum atomic E-state index is -0.590. The highest BCUT2D eigenvalue weighted by Crippen LogP contribution is 2.24. The molecule has 1 aromatic rings. The Hall–Kier alpha value is -1.53. The first kappa shape index (κ1) is 14.5. The molecule has 3 heteroatoms. The zero-order chi connectivity index (χ0) is 13.4. The second kappa shape index (κ2) is 7.73. The number of nitrogens with zero attached hydrogens (tertiary/aromatic N) is 1. The molecule has 98 valence electrons. The van der Waals surface area contributed by atoms with Gasteiger partial charge in [-0.3, -0.25) is 0 Å². The summed E-state index contributed by atoms with van der Waals surface area (Å²) in [4.78, 5) is 0. The maximum Gasteiger partial charge on any atom is 0.119 e. The molecule has 0 spiro atoms. The summed E-state index contributed by atoms with van der Waals surface area (Å²) < 4.78 is 5.35. The molecule has 0 heterocycles. The Morgan fingerprint density at radius 3 is 2.44 bits per heavy atom. The Morgan fingerprint density at radius 2 is 1.94 bits per heavy atom. The average Bonchev–Trinajstić information content (AvgIpc) is 2.39. The van der Waals surface area contributed by atoms with E-state index >= 15 is 0 Å².